The second-order valence-corrected chi connectivity index (χ2v) is 7.94. The Morgan fingerprint density at radius 2 is 1.61 bits per heavy atom. The van der Waals surface area contributed by atoms with Crippen LogP contribution >= 0.6 is 24.4 Å². The van der Waals surface area contributed by atoms with E-state index in [0.717, 1.165) is 0 Å². The molecule has 3 amide bonds. The molecule has 6 N–H and O–H groups in total. The van der Waals surface area contributed by atoms with Gasteiger partial charge >= 0.3 is 5.97 Å². The van der Waals surface area contributed by atoms with E-state index in [-0.39, 0.29) is 11.7 Å². The Morgan fingerprint density at radius 1 is 1.04 bits per heavy atom. The van der Waals surface area contributed by atoms with Gasteiger partial charge in [-0.3, -0.25) is 14.4 Å². The summed E-state index contributed by atoms with van der Waals surface area (Å²) in [6.07, 6.45) is 2.79. The van der Waals surface area contributed by atoms with Gasteiger partial charge in [0.2, 0.25) is 17.7 Å². The van der Waals surface area contributed by atoms with Crippen molar-refractivity contribution in [2.45, 2.75) is 57.8 Å². The van der Waals surface area contributed by atoms with E-state index in [0.29, 0.717) is 18.6 Å². The van der Waals surface area contributed by atoms with Crippen molar-refractivity contribution in [1.82, 2.24) is 16.0 Å². The van der Waals surface area contributed by atoms with Crippen molar-refractivity contribution in [3.05, 3.63) is 0 Å². The van der Waals surface area contributed by atoms with Crippen LogP contribution in [-0.4, -0.2) is 70.7 Å². The number of amides is 3. The molecule has 0 aliphatic carbocycles. The third-order valence-electron chi connectivity index (χ3n) is 4.25. The van der Waals surface area contributed by atoms with Gasteiger partial charge in [-0.15, -0.1) is 0 Å². The van der Waals surface area contributed by atoms with E-state index in [9.17, 15) is 19.2 Å². The van der Waals surface area contributed by atoms with Crippen molar-refractivity contribution in [2.75, 3.05) is 17.8 Å². The number of thiol groups is 1. The van der Waals surface area contributed by atoms with Crippen molar-refractivity contribution >= 4 is 48.1 Å². The summed E-state index contributed by atoms with van der Waals surface area (Å²) in [7, 11) is 0. The molecule has 0 heterocycles. The number of hydrogen-bond acceptors (Lipinski definition) is 7. The summed E-state index contributed by atoms with van der Waals surface area (Å²) < 4.78 is 0. The highest BCUT2D eigenvalue weighted by Crippen LogP contribution is 2.10. The number of aliphatic carboxylic acids is 1. The molecule has 0 radical (unpaired) electrons. The number of carbonyl (C=O) groups excluding carboxylic acids is 3. The minimum atomic E-state index is -1.21. The Morgan fingerprint density at radius 3 is 2.04 bits per heavy atom. The number of hydrogen-bond donors (Lipinski definition) is 6. The molecule has 5 unspecified atom stereocenters. The molecule has 0 aliphatic rings. The van der Waals surface area contributed by atoms with Crippen LogP contribution < -0.4 is 21.7 Å². The fourth-order valence-corrected chi connectivity index (χ4v) is 2.93. The van der Waals surface area contributed by atoms with Crippen LogP contribution in [0.3, 0.4) is 0 Å². The molecule has 0 aromatic rings. The quantitative estimate of drug-likeness (QED) is 0.215. The Kier molecular flexibility index (Phi) is 13.0. The summed E-state index contributed by atoms with van der Waals surface area (Å²) in [6.45, 7) is 5.20. The lowest BCUT2D eigenvalue weighted by molar-refractivity contribution is -0.141. The normalized spacial score (nSPS) is 16.2. The van der Waals surface area contributed by atoms with Crippen LogP contribution in [-0.2, 0) is 19.2 Å². The zero-order chi connectivity index (χ0) is 21.9. The van der Waals surface area contributed by atoms with Gasteiger partial charge in [-0.05, 0) is 31.3 Å². The Balaban J connectivity index is 5.33. The van der Waals surface area contributed by atoms with Gasteiger partial charge in [-0.1, -0.05) is 20.3 Å². The van der Waals surface area contributed by atoms with Crippen molar-refractivity contribution < 1.29 is 24.3 Å². The molecule has 28 heavy (non-hydrogen) atoms. The summed E-state index contributed by atoms with van der Waals surface area (Å²) in [5.41, 5.74) is 5.57. The lowest BCUT2D eigenvalue weighted by atomic mass is 9.97. The Labute approximate surface area is 175 Å². The smallest absolute Gasteiger partial charge is 0.327 e. The second-order valence-electron chi connectivity index (χ2n) is 6.59. The van der Waals surface area contributed by atoms with E-state index in [1.54, 1.807) is 0 Å². The van der Waals surface area contributed by atoms with Gasteiger partial charge in [-0.2, -0.15) is 24.4 Å². The first-order chi connectivity index (χ1) is 13.1. The fraction of sp³-hybridized carbons (Fsp3) is 0.765. The molecular weight excluding hydrogens is 404 g/mol. The SMILES string of the molecule is CCC(C)C(NC(=O)C(C)N)C(=O)NC(CCSC)C(=O)NC(CS)C(=O)O. The molecule has 0 saturated heterocycles. The lowest BCUT2D eigenvalue weighted by Crippen LogP contribution is -2.58. The molecule has 0 spiro atoms. The largest absolute Gasteiger partial charge is 0.480 e. The number of rotatable bonds is 13. The van der Waals surface area contributed by atoms with Gasteiger partial charge in [0.1, 0.15) is 18.1 Å². The summed E-state index contributed by atoms with van der Waals surface area (Å²) in [5, 5.41) is 16.7. The van der Waals surface area contributed by atoms with Crippen LogP contribution in [0, 0.1) is 5.92 Å². The van der Waals surface area contributed by atoms with Crippen LogP contribution in [0.1, 0.15) is 33.6 Å². The number of nitrogens with one attached hydrogen (secondary N) is 3. The molecule has 0 fully saturated rings. The fourth-order valence-electron chi connectivity index (χ4n) is 2.21. The van der Waals surface area contributed by atoms with Crippen LogP contribution in [0.5, 0.6) is 0 Å². The lowest BCUT2D eigenvalue weighted by Gasteiger charge is -2.27. The molecule has 0 aliphatic heterocycles. The van der Waals surface area contributed by atoms with Crippen LogP contribution in [0.25, 0.3) is 0 Å². The molecule has 162 valence electrons. The average Bonchev–Trinajstić information content (AvgIpc) is 2.65. The Hall–Kier alpha value is -1.46. The van der Waals surface area contributed by atoms with E-state index < -0.39 is 47.9 Å². The van der Waals surface area contributed by atoms with Crippen LogP contribution in [0.4, 0.5) is 0 Å². The number of carboxylic acid groups (broad SMARTS) is 1. The number of nitrogens with two attached hydrogens (primary N) is 1. The number of carboxylic acids is 1. The maximum absolute atomic E-state index is 12.8. The predicted molar refractivity (Wildman–Crippen MR) is 113 cm³/mol. The summed E-state index contributed by atoms with van der Waals surface area (Å²) in [6, 6.07) is -3.72. The van der Waals surface area contributed by atoms with Crippen LogP contribution in [0.2, 0.25) is 0 Å². The maximum atomic E-state index is 12.8. The number of thioether (sulfide) groups is 1. The first-order valence-corrected chi connectivity index (χ1v) is 11.1. The molecule has 0 aromatic carbocycles. The summed E-state index contributed by atoms with van der Waals surface area (Å²) in [5.74, 6) is -2.48. The van der Waals surface area contributed by atoms with Crippen LogP contribution in [0.15, 0.2) is 0 Å². The van der Waals surface area contributed by atoms with Gasteiger partial charge in [0.25, 0.3) is 0 Å². The summed E-state index contributed by atoms with van der Waals surface area (Å²) >= 11 is 5.41. The van der Waals surface area contributed by atoms with E-state index in [2.05, 4.69) is 28.6 Å². The van der Waals surface area contributed by atoms with Gasteiger partial charge in [0, 0.05) is 5.75 Å². The van der Waals surface area contributed by atoms with Crippen molar-refractivity contribution in [3.8, 4) is 0 Å². The topological polar surface area (TPSA) is 151 Å². The van der Waals surface area contributed by atoms with Gasteiger partial charge in [-0.25, -0.2) is 4.79 Å². The second kappa shape index (κ2) is 13.7. The Bertz CT molecular complexity index is 548. The maximum Gasteiger partial charge on any atom is 0.327 e. The first kappa shape index (κ1) is 26.5. The first-order valence-electron chi connectivity index (χ1n) is 9.08. The predicted octanol–water partition coefficient (Wildman–Crippen LogP) is -0.398. The molecule has 11 heteroatoms. The van der Waals surface area contributed by atoms with E-state index in [1.807, 2.05) is 20.1 Å². The van der Waals surface area contributed by atoms with E-state index in [4.69, 9.17) is 10.8 Å². The third-order valence-corrected chi connectivity index (χ3v) is 5.26. The average molecular weight is 437 g/mol. The van der Waals surface area contributed by atoms with Crippen molar-refractivity contribution in [2.24, 2.45) is 11.7 Å². The van der Waals surface area contributed by atoms with Crippen molar-refractivity contribution in [3.63, 3.8) is 0 Å². The van der Waals surface area contributed by atoms with Gasteiger partial charge in [0.15, 0.2) is 0 Å². The van der Waals surface area contributed by atoms with E-state index in [1.165, 1.54) is 18.7 Å². The van der Waals surface area contributed by atoms with Gasteiger partial charge < -0.3 is 26.8 Å². The molecule has 5 atom stereocenters. The highest BCUT2D eigenvalue weighted by molar-refractivity contribution is 7.98. The highest BCUT2D eigenvalue weighted by atomic mass is 32.2. The van der Waals surface area contributed by atoms with Crippen molar-refractivity contribution in [1.29, 1.82) is 0 Å². The monoisotopic (exact) mass is 436 g/mol. The van der Waals surface area contributed by atoms with Gasteiger partial charge in [0.05, 0.1) is 6.04 Å². The minimum Gasteiger partial charge on any atom is -0.480 e. The number of carbonyl (C=O) groups is 4. The molecular formula is C17H32N4O5S2. The minimum absolute atomic E-state index is 0.0792. The molecule has 0 bridgehead atoms. The van der Waals surface area contributed by atoms with E-state index >= 15 is 0 Å². The standard InChI is InChI=1S/C17H32N4O5S2/c1-5-9(2)13(21-14(22)10(3)18)16(24)19-11(6-7-28-4)15(23)20-12(8-27)17(25)26/h9-13,27H,5-8,18H2,1-4H3,(H,19,24)(H,20,23)(H,21,22)(H,25,26). The molecule has 9 nitrogen and oxygen atoms in total. The zero-order valence-corrected chi connectivity index (χ0v) is 18.4. The zero-order valence-electron chi connectivity index (χ0n) is 16.7. The highest BCUT2D eigenvalue weighted by Gasteiger charge is 2.31. The summed E-state index contributed by atoms with van der Waals surface area (Å²) in [4.78, 5) is 48.4. The molecule has 0 saturated carbocycles. The third kappa shape index (κ3) is 9.16. The molecule has 0 rings (SSSR count). The molecule has 0 aromatic heterocycles.